The van der Waals surface area contributed by atoms with Crippen molar-refractivity contribution in [3.05, 3.63) is 44.9 Å². The Balaban J connectivity index is 1.67. The molecule has 28 heavy (non-hydrogen) atoms. The first kappa shape index (κ1) is 20.8. The molecule has 0 bridgehead atoms. The Bertz CT molecular complexity index is 1000. The van der Waals surface area contributed by atoms with Crippen LogP contribution in [-0.2, 0) is 10.2 Å². The molecule has 12 heteroatoms. The van der Waals surface area contributed by atoms with Gasteiger partial charge in [0.25, 0.3) is 5.56 Å². The summed E-state index contributed by atoms with van der Waals surface area (Å²) >= 11 is 11.7. The largest absolute Gasteiger partial charge is 0.363 e. The van der Waals surface area contributed by atoms with Crippen molar-refractivity contribution in [3.8, 4) is 0 Å². The SMILES string of the molecule is CN(C)c1ccc(NS(=O)(=O)N2CCC(n3ncc(Cl)c(Cl)c3=O)CC2)cn1. The van der Waals surface area contributed by atoms with Gasteiger partial charge in [0.1, 0.15) is 10.8 Å². The lowest BCUT2D eigenvalue weighted by Gasteiger charge is -2.31. The zero-order valence-electron chi connectivity index (χ0n) is 15.3. The van der Waals surface area contributed by atoms with Crippen LogP contribution in [0.4, 0.5) is 11.5 Å². The third-order valence-electron chi connectivity index (χ3n) is 4.46. The van der Waals surface area contributed by atoms with E-state index in [9.17, 15) is 13.2 Å². The molecule has 0 unspecified atom stereocenters. The topological polar surface area (TPSA) is 100 Å². The first-order valence-electron chi connectivity index (χ1n) is 8.53. The van der Waals surface area contributed by atoms with Gasteiger partial charge in [0, 0.05) is 27.2 Å². The Hall–Kier alpha value is -1.88. The number of hydrogen-bond acceptors (Lipinski definition) is 6. The van der Waals surface area contributed by atoms with Crippen LogP contribution >= 0.6 is 23.2 Å². The summed E-state index contributed by atoms with van der Waals surface area (Å²) in [5.41, 5.74) is -0.0873. The van der Waals surface area contributed by atoms with Gasteiger partial charge in [-0.1, -0.05) is 23.2 Å². The number of halogens is 2. The standard InChI is InChI=1S/C16H20Cl2N6O3S/c1-22(2)14-4-3-11(9-19-14)21-28(26,27)23-7-5-12(6-8-23)24-16(25)15(18)13(17)10-20-24/h3-4,9-10,12,21H,5-8H2,1-2H3. The van der Waals surface area contributed by atoms with Crippen molar-refractivity contribution in [2.24, 2.45) is 0 Å². The number of anilines is 2. The van der Waals surface area contributed by atoms with E-state index in [1.165, 1.54) is 21.4 Å². The van der Waals surface area contributed by atoms with Crippen molar-refractivity contribution in [2.75, 3.05) is 36.8 Å². The molecule has 1 aliphatic heterocycles. The van der Waals surface area contributed by atoms with E-state index in [0.717, 1.165) is 5.82 Å². The molecule has 1 fully saturated rings. The molecule has 0 saturated carbocycles. The van der Waals surface area contributed by atoms with Crippen LogP contribution in [0, 0.1) is 0 Å². The molecule has 1 saturated heterocycles. The predicted octanol–water partition coefficient (Wildman–Crippen LogP) is 2.00. The molecule has 0 aromatic carbocycles. The van der Waals surface area contributed by atoms with E-state index in [1.54, 1.807) is 12.1 Å². The highest BCUT2D eigenvalue weighted by molar-refractivity contribution is 7.90. The van der Waals surface area contributed by atoms with Crippen LogP contribution in [0.15, 0.2) is 29.3 Å². The Morgan fingerprint density at radius 3 is 2.43 bits per heavy atom. The summed E-state index contributed by atoms with van der Waals surface area (Å²) in [7, 11) is -0.0222. The van der Waals surface area contributed by atoms with Gasteiger partial charge in [-0.2, -0.15) is 17.8 Å². The molecule has 3 heterocycles. The second-order valence-electron chi connectivity index (χ2n) is 6.59. The van der Waals surface area contributed by atoms with Crippen LogP contribution < -0.4 is 15.2 Å². The van der Waals surface area contributed by atoms with Crippen LogP contribution in [0.1, 0.15) is 18.9 Å². The van der Waals surface area contributed by atoms with Crippen LogP contribution in [0.25, 0.3) is 0 Å². The minimum Gasteiger partial charge on any atom is -0.363 e. The van der Waals surface area contributed by atoms with Crippen LogP contribution in [0.3, 0.4) is 0 Å². The van der Waals surface area contributed by atoms with E-state index in [2.05, 4.69) is 14.8 Å². The maximum Gasteiger partial charge on any atom is 0.301 e. The number of aromatic nitrogens is 3. The average Bonchev–Trinajstić information content (AvgIpc) is 2.66. The van der Waals surface area contributed by atoms with E-state index < -0.39 is 15.8 Å². The minimum atomic E-state index is -3.73. The molecular formula is C16H20Cl2N6O3S. The van der Waals surface area contributed by atoms with Crippen molar-refractivity contribution >= 4 is 44.9 Å². The maximum atomic E-state index is 12.6. The first-order valence-corrected chi connectivity index (χ1v) is 10.7. The summed E-state index contributed by atoms with van der Waals surface area (Å²) in [5.74, 6) is 0.725. The number of nitrogens with zero attached hydrogens (tertiary/aromatic N) is 5. The fourth-order valence-corrected chi connectivity index (χ4v) is 4.44. The van der Waals surface area contributed by atoms with Crippen LogP contribution in [-0.4, -0.2) is 54.7 Å². The fourth-order valence-electron chi connectivity index (χ4n) is 2.94. The normalized spacial score (nSPS) is 16.1. The maximum absolute atomic E-state index is 12.6. The van der Waals surface area contributed by atoms with Crippen LogP contribution in [0.5, 0.6) is 0 Å². The molecule has 0 aliphatic carbocycles. The van der Waals surface area contributed by atoms with E-state index in [0.29, 0.717) is 18.5 Å². The Labute approximate surface area is 173 Å². The van der Waals surface area contributed by atoms with E-state index >= 15 is 0 Å². The quantitative estimate of drug-likeness (QED) is 0.753. The molecule has 152 valence electrons. The van der Waals surface area contributed by atoms with Crippen molar-refractivity contribution in [1.29, 1.82) is 0 Å². The Morgan fingerprint density at radius 2 is 1.86 bits per heavy atom. The fraction of sp³-hybridized carbons (Fsp3) is 0.438. The van der Waals surface area contributed by atoms with Crippen molar-refractivity contribution in [1.82, 2.24) is 19.1 Å². The number of rotatable bonds is 5. The Kier molecular flexibility index (Phi) is 6.13. The van der Waals surface area contributed by atoms with Gasteiger partial charge in [-0.05, 0) is 25.0 Å². The molecule has 0 amide bonds. The lowest BCUT2D eigenvalue weighted by atomic mass is 10.1. The minimum absolute atomic E-state index is 0.0814. The molecule has 0 atom stereocenters. The summed E-state index contributed by atoms with van der Waals surface area (Å²) in [6.45, 7) is 0.495. The molecule has 9 nitrogen and oxygen atoms in total. The molecule has 0 spiro atoms. The average molecular weight is 447 g/mol. The summed E-state index contributed by atoms with van der Waals surface area (Å²) < 4.78 is 30.4. The Morgan fingerprint density at radius 1 is 1.18 bits per heavy atom. The number of piperidine rings is 1. The van der Waals surface area contributed by atoms with Gasteiger partial charge in [-0.3, -0.25) is 9.52 Å². The highest BCUT2D eigenvalue weighted by Crippen LogP contribution is 2.25. The summed E-state index contributed by atoms with van der Waals surface area (Å²) in [5, 5.41) is 4.05. The molecule has 1 N–H and O–H groups in total. The monoisotopic (exact) mass is 446 g/mol. The smallest absolute Gasteiger partial charge is 0.301 e. The van der Waals surface area contributed by atoms with Gasteiger partial charge in [-0.25, -0.2) is 9.67 Å². The highest BCUT2D eigenvalue weighted by atomic mass is 35.5. The lowest BCUT2D eigenvalue weighted by molar-refractivity contribution is 0.256. The molecule has 2 aromatic rings. The number of hydrogen-bond donors (Lipinski definition) is 1. The van der Waals surface area contributed by atoms with E-state index in [1.807, 2.05) is 19.0 Å². The second kappa shape index (κ2) is 8.24. The number of pyridine rings is 1. The zero-order valence-corrected chi connectivity index (χ0v) is 17.7. The third kappa shape index (κ3) is 4.40. The molecule has 1 aliphatic rings. The summed E-state index contributed by atoms with van der Waals surface area (Å²) in [6, 6.07) is 3.15. The molecule has 3 rings (SSSR count). The van der Waals surface area contributed by atoms with Gasteiger partial charge in [0.05, 0.1) is 29.1 Å². The summed E-state index contributed by atoms with van der Waals surface area (Å²) in [6.07, 6.45) is 3.66. The second-order valence-corrected chi connectivity index (χ2v) is 9.05. The third-order valence-corrected chi connectivity index (χ3v) is 6.75. The van der Waals surface area contributed by atoms with Gasteiger partial charge in [-0.15, -0.1) is 0 Å². The van der Waals surface area contributed by atoms with Crippen molar-refractivity contribution < 1.29 is 8.42 Å². The van der Waals surface area contributed by atoms with E-state index in [4.69, 9.17) is 23.2 Å². The number of nitrogens with one attached hydrogen (secondary N) is 1. The van der Waals surface area contributed by atoms with Gasteiger partial charge in [0.2, 0.25) is 0 Å². The predicted molar refractivity (Wildman–Crippen MR) is 109 cm³/mol. The molecule has 2 aromatic heterocycles. The molecular weight excluding hydrogens is 427 g/mol. The van der Waals surface area contributed by atoms with E-state index in [-0.39, 0.29) is 29.2 Å². The lowest BCUT2D eigenvalue weighted by Crippen LogP contribution is -2.43. The molecule has 0 radical (unpaired) electrons. The van der Waals surface area contributed by atoms with Crippen molar-refractivity contribution in [3.63, 3.8) is 0 Å². The summed E-state index contributed by atoms with van der Waals surface area (Å²) in [4.78, 5) is 18.2. The first-order chi connectivity index (χ1) is 13.2. The van der Waals surface area contributed by atoms with Crippen LogP contribution in [0.2, 0.25) is 10.0 Å². The van der Waals surface area contributed by atoms with Gasteiger partial charge >= 0.3 is 10.2 Å². The zero-order chi connectivity index (χ0) is 20.5. The van der Waals surface area contributed by atoms with Gasteiger partial charge < -0.3 is 4.90 Å². The highest BCUT2D eigenvalue weighted by Gasteiger charge is 2.30. The van der Waals surface area contributed by atoms with Gasteiger partial charge in [0.15, 0.2) is 0 Å². The van der Waals surface area contributed by atoms with Crippen molar-refractivity contribution in [2.45, 2.75) is 18.9 Å².